The zero-order chi connectivity index (χ0) is 10.5. The standard InChI is InChI=1S/C12H17NO2/c14-12(7-11-4-6-15-9-11)2-1-10-3-5-13-8-10/h4,6,9-10,13H,1-3,5,7-8H2. The van der Waals surface area contributed by atoms with Gasteiger partial charge in [-0.25, -0.2) is 0 Å². The maximum absolute atomic E-state index is 11.6. The highest BCUT2D eigenvalue weighted by molar-refractivity contribution is 5.80. The minimum absolute atomic E-state index is 0.323. The highest BCUT2D eigenvalue weighted by Gasteiger charge is 2.15. The molecule has 0 saturated carbocycles. The van der Waals surface area contributed by atoms with Gasteiger partial charge in [-0.2, -0.15) is 0 Å². The number of hydrogen-bond donors (Lipinski definition) is 1. The van der Waals surface area contributed by atoms with Crippen molar-refractivity contribution in [1.29, 1.82) is 0 Å². The van der Waals surface area contributed by atoms with Crippen LogP contribution >= 0.6 is 0 Å². The van der Waals surface area contributed by atoms with Gasteiger partial charge in [0.1, 0.15) is 5.78 Å². The molecule has 82 valence electrons. The van der Waals surface area contributed by atoms with Gasteiger partial charge in [0.2, 0.25) is 0 Å². The summed E-state index contributed by atoms with van der Waals surface area (Å²) >= 11 is 0. The van der Waals surface area contributed by atoms with Crippen LogP contribution in [-0.2, 0) is 11.2 Å². The average Bonchev–Trinajstić information content (AvgIpc) is 2.86. The molecule has 2 rings (SSSR count). The van der Waals surface area contributed by atoms with Gasteiger partial charge in [0.05, 0.1) is 12.5 Å². The molecule has 0 aromatic carbocycles. The van der Waals surface area contributed by atoms with Crippen molar-refractivity contribution in [3.8, 4) is 0 Å². The Hall–Kier alpha value is -1.09. The van der Waals surface area contributed by atoms with E-state index in [9.17, 15) is 4.79 Å². The summed E-state index contributed by atoms with van der Waals surface area (Å²) < 4.78 is 4.93. The molecule has 1 unspecified atom stereocenters. The first-order chi connectivity index (χ1) is 7.34. The van der Waals surface area contributed by atoms with Crippen LogP contribution in [-0.4, -0.2) is 18.9 Å². The molecule has 0 radical (unpaired) electrons. The normalized spacial score (nSPS) is 20.7. The molecular formula is C12H17NO2. The first-order valence-electron chi connectivity index (χ1n) is 5.58. The zero-order valence-electron chi connectivity index (χ0n) is 8.87. The van der Waals surface area contributed by atoms with Crippen LogP contribution in [0.15, 0.2) is 23.0 Å². The van der Waals surface area contributed by atoms with Crippen LogP contribution in [0.3, 0.4) is 0 Å². The lowest BCUT2D eigenvalue weighted by Crippen LogP contribution is -2.11. The van der Waals surface area contributed by atoms with Gasteiger partial charge in [-0.05, 0) is 43.5 Å². The molecule has 2 heterocycles. The number of Topliss-reactive ketones (excluding diaryl/α,β-unsaturated/α-hetero) is 1. The van der Waals surface area contributed by atoms with Crippen LogP contribution in [0, 0.1) is 5.92 Å². The van der Waals surface area contributed by atoms with Crippen molar-refractivity contribution in [3.05, 3.63) is 24.2 Å². The van der Waals surface area contributed by atoms with Gasteiger partial charge in [0.25, 0.3) is 0 Å². The molecule has 1 N–H and O–H groups in total. The molecule has 1 aromatic heterocycles. The van der Waals surface area contributed by atoms with E-state index in [2.05, 4.69) is 5.32 Å². The summed E-state index contributed by atoms with van der Waals surface area (Å²) in [4.78, 5) is 11.6. The topological polar surface area (TPSA) is 42.2 Å². The third-order valence-electron chi connectivity index (χ3n) is 2.98. The Bertz CT molecular complexity index is 299. The SMILES string of the molecule is O=C(CCC1CCNC1)Cc1ccoc1. The number of nitrogens with one attached hydrogen (secondary N) is 1. The monoisotopic (exact) mass is 207 g/mol. The number of carbonyl (C=O) groups is 1. The van der Waals surface area contributed by atoms with Crippen molar-refractivity contribution >= 4 is 5.78 Å². The molecule has 1 atom stereocenters. The van der Waals surface area contributed by atoms with E-state index in [0.717, 1.165) is 25.1 Å². The smallest absolute Gasteiger partial charge is 0.137 e. The third-order valence-corrected chi connectivity index (χ3v) is 2.98. The molecule has 1 aliphatic rings. The number of carbonyl (C=O) groups excluding carboxylic acids is 1. The molecule has 3 heteroatoms. The van der Waals surface area contributed by atoms with Crippen molar-refractivity contribution in [3.63, 3.8) is 0 Å². The first kappa shape index (κ1) is 10.4. The average molecular weight is 207 g/mol. The highest BCUT2D eigenvalue weighted by Crippen LogP contribution is 2.15. The van der Waals surface area contributed by atoms with E-state index >= 15 is 0 Å². The Labute approximate surface area is 89.9 Å². The molecule has 1 aliphatic heterocycles. The molecule has 0 spiro atoms. The second kappa shape index (κ2) is 5.12. The predicted molar refractivity (Wildman–Crippen MR) is 57.6 cm³/mol. The number of hydrogen-bond acceptors (Lipinski definition) is 3. The van der Waals surface area contributed by atoms with Crippen molar-refractivity contribution in [2.45, 2.75) is 25.7 Å². The van der Waals surface area contributed by atoms with E-state index in [4.69, 9.17) is 4.42 Å². The van der Waals surface area contributed by atoms with E-state index in [-0.39, 0.29) is 0 Å². The zero-order valence-corrected chi connectivity index (χ0v) is 8.87. The Morgan fingerprint density at radius 1 is 1.60 bits per heavy atom. The number of furan rings is 1. The second-order valence-corrected chi connectivity index (χ2v) is 4.24. The minimum atomic E-state index is 0.323. The Balaban J connectivity index is 1.68. The highest BCUT2D eigenvalue weighted by atomic mass is 16.3. The van der Waals surface area contributed by atoms with Crippen molar-refractivity contribution < 1.29 is 9.21 Å². The van der Waals surface area contributed by atoms with Crippen LogP contribution in [0.25, 0.3) is 0 Å². The fourth-order valence-electron chi connectivity index (χ4n) is 2.04. The van der Waals surface area contributed by atoms with E-state index in [0.29, 0.717) is 24.5 Å². The summed E-state index contributed by atoms with van der Waals surface area (Å²) in [6, 6.07) is 1.86. The summed E-state index contributed by atoms with van der Waals surface area (Å²) in [6.07, 6.45) is 6.75. The second-order valence-electron chi connectivity index (χ2n) is 4.24. The van der Waals surface area contributed by atoms with E-state index in [1.54, 1.807) is 12.5 Å². The van der Waals surface area contributed by atoms with Crippen LogP contribution in [0.5, 0.6) is 0 Å². The fourth-order valence-corrected chi connectivity index (χ4v) is 2.04. The molecule has 3 nitrogen and oxygen atoms in total. The quantitative estimate of drug-likeness (QED) is 0.800. The Kier molecular flexibility index (Phi) is 3.56. The molecule has 0 bridgehead atoms. The Morgan fingerprint density at radius 3 is 3.20 bits per heavy atom. The molecule has 1 saturated heterocycles. The lowest BCUT2D eigenvalue weighted by atomic mass is 9.99. The van der Waals surface area contributed by atoms with Crippen LogP contribution in [0.4, 0.5) is 0 Å². The van der Waals surface area contributed by atoms with Gasteiger partial charge in [0, 0.05) is 12.8 Å². The maximum Gasteiger partial charge on any atom is 0.137 e. The molecule has 1 fully saturated rings. The Morgan fingerprint density at radius 2 is 2.53 bits per heavy atom. The van der Waals surface area contributed by atoms with Crippen molar-refractivity contribution in [2.75, 3.05) is 13.1 Å². The largest absolute Gasteiger partial charge is 0.472 e. The van der Waals surface area contributed by atoms with Gasteiger partial charge in [-0.15, -0.1) is 0 Å². The number of ketones is 1. The molecule has 0 aliphatic carbocycles. The van der Waals surface area contributed by atoms with Gasteiger partial charge in [-0.3, -0.25) is 4.79 Å². The van der Waals surface area contributed by atoms with Crippen LogP contribution in [0.2, 0.25) is 0 Å². The molecule has 0 amide bonds. The lowest BCUT2D eigenvalue weighted by molar-refractivity contribution is -0.118. The van der Waals surface area contributed by atoms with Gasteiger partial charge in [-0.1, -0.05) is 0 Å². The van der Waals surface area contributed by atoms with Gasteiger partial charge < -0.3 is 9.73 Å². The summed E-state index contributed by atoms with van der Waals surface area (Å²) in [5.74, 6) is 1.03. The third kappa shape index (κ3) is 3.20. The van der Waals surface area contributed by atoms with E-state index in [1.807, 2.05) is 6.07 Å². The summed E-state index contributed by atoms with van der Waals surface area (Å²) in [7, 11) is 0. The van der Waals surface area contributed by atoms with Gasteiger partial charge in [0.15, 0.2) is 0 Å². The minimum Gasteiger partial charge on any atom is -0.472 e. The summed E-state index contributed by atoms with van der Waals surface area (Å²) in [6.45, 7) is 2.19. The predicted octanol–water partition coefficient (Wildman–Crippen LogP) is 1.78. The summed E-state index contributed by atoms with van der Waals surface area (Å²) in [5, 5.41) is 3.32. The molecule has 1 aromatic rings. The first-order valence-corrected chi connectivity index (χ1v) is 5.58. The fraction of sp³-hybridized carbons (Fsp3) is 0.583. The number of rotatable bonds is 5. The molecule has 15 heavy (non-hydrogen) atoms. The lowest BCUT2D eigenvalue weighted by Gasteiger charge is -2.06. The maximum atomic E-state index is 11.6. The van der Waals surface area contributed by atoms with Crippen LogP contribution < -0.4 is 5.32 Å². The van der Waals surface area contributed by atoms with E-state index in [1.165, 1.54) is 6.42 Å². The van der Waals surface area contributed by atoms with Crippen LogP contribution in [0.1, 0.15) is 24.8 Å². The molecular weight excluding hydrogens is 190 g/mol. The van der Waals surface area contributed by atoms with E-state index < -0.39 is 0 Å². The summed E-state index contributed by atoms with van der Waals surface area (Å²) in [5.41, 5.74) is 0.990. The van der Waals surface area contributed by atoms with Gasteiger partial charge >= 0.3 is 0 Å². The van der Waals surface area contributed by atoms with Crippen molar-refractivity contribution in [2.24, 2.45) is 5.92 Å². The van der Waals surface area contributed by atoms with Crippen molar-refractivity contribution in [1.82, 2.24) is 5.32 Å².